The van der Waals surface area contributed by atoms with E-state index >= 15 is 0 Å². The van der Waals surface area contributed by atoms with Gasteiger partial charge in [-0.15, -0.1) is 11.3 Å². The normalized spacial score (nSPS) is 14.6. The number of nitrogens with zero attached hydrogens (tertiary/aromatic N) is 3. The predicted molar refractivity (Wildman–Crippen MR) is 90.2 cm³/mol. The molecule has 2 N–H and O–H groups in total. The zero-order valence-corrected chi connectivity index (χ0v) is 14.4. The molecule has 0 bridgehead atoms. The third-order valence-corrected chi connectivity index (χ3v) is 5.37. The quantitative estimate of drug-likeness (QED) is 0.448. The number of aromatic hydroxyl groups is 2. The molecule has 138 valence electrons. The van der Waals surface area contributed by atoms with Crippen LogP contribution in [0.3, 0.4) is 0 Å². The van der Waals surface area contributed by atoms with E-state index in [1.54, 1.807) is 0 Å². The van der Waals surface area contributed by atoms with E-state index in [9.17, 15) is 35.2 Å². The van der Waals surface area contributed by atoms with E-state index in [0.717, 1.165) is 0 Å². The first-order valence-electron chi connectivity index (χ1n) is 7.11. The van der Waals surface area contributed by atoms with Crippen LogP contribution in [-0.2, 0) is 4.74 Å². The highest BCUT2D eigenvalue weighted by Gasteiger charge is 2.38. The Morgan fingerprint density at radius 1 is 1.12 bits per heavy atom. The highest BCUT2D eigenvalue weighted by Crippen LogP contribution is 2.54. The van der Waals surface area contributed by atoms with Crippen LogP contribution in [0.2, 0.25) is 5.02 Å². The van der Waals surface area contributed by atoms with Crippen molar-refractivity contribution in [2.24, 2.45) is 0 Å². The average molecular weight is 404 g/mol. The van der Waals surface area contributed by atoms with Crippen LogP contribution in [0.5, 0.6) is 11.5 Å². The van der Waals surface area contributed by atoms with Crippen molar-refractivity contribution in [3.8, 4) is 11.5 Å². The van der Waals surface area contributed by atoms with E-state index in [4.69, 9.17) is 16.3 Å². The molecule has 0 unspecified atom stereocenters. The molecule has 1 saturated heterocycles. The molecule has 0 radical (unpaired) electrons. The maximum atomic E-state index is 12.7. The summed E-state index contributed by atoms with van der Waals surface area (Å²) >= 11 is 6.36. The Morgan fingerprint density at radius 2 is 1.69 bits per heavy atom. The number of amides is 1. The topological polar surface area (TPSA) is 156 Å². The molecule has 0 spiro atoms. The second-order valence-electron chi connectivity index (χ2n) is 5.26. The lowest BCUT2D eigenvalue weighted by molar-refractivity contribution is -0.384. The molecule has 13 heteroatoms. The van der Waals surface area contributed by atoms with E-state index in [0.29, 0.717) is 11.3 Å². The summed E-state index contributed by atoms with van der Waals surface area (Å²) in [5, 5.41) is 41.4. The van der Waals surface area contributed by atoms with Gasteiger partial charge in [-0.2, -0.15) is 0 Å². The number of benzene rings is 1. The van der Waals surface area contributed by atoms with Gasteiger partial charge >= 0.3 is 11.4 Å². The Balaban J connectivity index is 2.34. The van der Waals surface area contributed by atoms with Crippen molar-refractivity contribution < 1.29 is 29.6 Å². The number of carbonyl (C=O) groups is 1. The van der Waals surface area contributed by atoms with Crippen molar-refractivity contribution in [1.29, 1.82) is 0 Å². The Hall–Kier alpha value is -2.70. The first kappa shape index (κ1) is 18.1. The van der Waals surface area contributed by atoms with Gasteiger partial charge in [0.15, 0.2) is 10.6 Å². The van der Waals surface area contributed by atoms with Crippen LogP contribution in [0.1, 0.15) is 9.67 Å². The highest BCUT2D eigenvalue weighted by atomic mass is 35.5. The van der Waals surface area contributed by atoms with Crippen molar-refractivity contribution in [2.45, 2.75) is 0 Å². The summed E-state index contributed by atoms with van der Waals surface area (Å²) in [6.45, 7) is 0.924. The molecule has 1 amide bonds. The molecule has 1 aromatic carbocycles. The summed E-state index contributed by atoms with van der Waals surface area (Å²) in [5.41, 5.74) is -1.69. The number of rotatable bonds is 3. The zero-order valence-electron chi connectivity index (χ0n) is 12.8. The monoisotopic (exact) mass is 403 g/mol. The van der Waals surface area contributed by atoms with Crippen LogP contribution in [0.25, 0.3) is 10.1 Å². The van der Waals surface area contributed by atoms with Gasteiger partial charge < -0.3 is 19.8 Å². The summed E-state index contributed by atoms with van der Waals surface area (Å²) in [6, 6.07) is 0. The van der Waals surface area contributed by atoms with Crippen molar-refractivity contribution in [1.82, 2.24) is 4.90 Å². The number of fused-ring (bicyclic) bond motifs is 1. The third-order valence-electron chi connectivity index (χ3n) is 3.83. The summed E-state index contributed by atoms with van der Waals surface area (Å²) in [4.78, 5) is 34.6. The second-order valence-corrected chi connectivity index (χ2v) is 6.66. The van der Waals surface area contributed by atoms with E-state index in [1.807, 2.05) is 0 Å². The van der Waals surface area contributed by atoms with Gasteiger partial charge in [0.1, 0.15) is 15.1 Å². The molecule has 2 aromatic rings. The number of hydrogen-bond donors (Lipinski definition) is 2. The van der Waals surface area contributed by atoms with Gasteiger partial charge in [0.2, 0.25) is 5.75 Å². The fourth-order valence-corrected chi connectivity index (χ4v) is 4.23. The van der Waals surface area contributed by atoms with Gasteiger partial charge in [0.25, 0.3) is 5.91 Å². The third kappa shape index (κ3) is 2.67. The van der Waals surface area contributed by atoms with Gasteiger partial charge in [-0.05, 0) is 0 Å². The van der Waals surface area contributed by atoms with Crippen LogP contribution in [0.15, 0.2) is 0 Å². The molecule has 0 atom stereocenters. The molecule has 26 heavy (non-hydrogen) atoms. The van der Waals surface area contributed by atoms with E-state index in [1.165, 1.54) is 4.90 Å². The molecule has 3 rings (SSSR count). The summed E-state index contributed by atoms with van der Waals surface area (Å²) < 4.78 is 4.76. The van der Waals surface area contributed by atoms with Crippen molar-refractivity contribution in [3.05, 3.63) is 30.1 Å². The SMILES string of the molecule is O=C(c1sc2c([N+](=O)[O-])c(O)c(O)c(Cl)c2c1[N+](=O)[O-])N1CCOCC1. The predicted octanol–water partition coefficient (Wildman–Crippen LogP) is 2.25. The first-order chi connectivity index (χ1) is 12.3. The van der Waals surface area contributed by atoms with Gasteiger partial charge in [0, 0.05) is 13.1 Å². The maximum Gasteiger partial charge on any atom is 0.332 e. The molecule has 1 aliphatic rings. The number of carbonyl (C=O) groups excluding carboxylic acids is 1. The zero-order chi connectivity index (χ0) is 19.2. The lowest BCUT2D eigenvalue weighted by Crippen LogP contribution is -2.40. The number of nitro groups is 2. The standard InChI is InChI=1S/C13H10ClN3O8S/c14-6-5-7(16(21)22)12(13(20)15-1-3-25-4-2-15)26-11(5)8(17(23)24)10(19)9(6)18/h18-19H,1-4H2. The maximum absolute atomic E-state index is 12.7. The molecular formula is C13H10ClN3O8S. The Bertz CT molecular complexity index is 953. The first-order valence-corrected chi connectivity index (χ1v) is 8.30. The number of hydrogen-bond acceptors (Lipinski definition) is 9. The number of phenolic OH excluding ortho intramolecular Hbond substituents is 2. The van der Waals surface area contributed by atoms with Gasteiger partial charge in [-0.1, -0.05) is 11.6 Å². The average Bonchev–Trinajstić information content (AvgIpc) is 3.00. The summed E-state index contributed by atoms with van der Waals surface area (Å²) in [6.07, 6.45) is 0. The fourth-order valence-electron chi connectivity index (χ4n) is 2.63. The van der Waals surface area contributed by atoms with Crippen molar-refractivity contribution in [3.63, 3.8) is 0 Å². The molecule has 11 nitrogen and oxygen atoms in total. The van der Waals surface area contributed by atoms with Crippen LogP contribution in [-0.4, -0.2) is 57.2 Å². The number of ether oxygens (including phenoxy) is 1. The van der Waals surface area contributed by atoms with E-state index < -0.39 is 49.0 Å². The van der Waals surface area contributed by atoms with Gasteiger partial charge in [-0.25, -0.2) is 0 Å². The van der Waals surface area contributed by atoms with Crippen LogP contribution >= 0.6 is 22.9 Å². The van der Waals surface area contributed by atoms with E-state index in [2.05, 4.69) is 0 Å². The minimum Gasteiger partial charge on any atom is -0.503 e. The Morgan fingerprint density at radius 3 is 2.23 bits per heavy atom. The molecule has 1 aromatic heterocycles. The van der Waals surface area contributed by atoms with Crippen LogP contribution < -0.4 is 0 Å². The van der Waals surface area contributed by atoms with Crippen LogP contribution in [0.4, 0.5) is 11.4 Å². The number of halogens is 1. The van der Waals surface area contributed by atoms with E-state index in [-0.39, 0.29) is 35.9 Å². The number of morpholine rings is 1. The van der Waals surface area contributed by atoms with Gasteiger partial charge in [-0.3, -0.25) is 25.0 Å². The number of thiophene rings is 1. The summed E-state index contributed by atoms with van der Waals surface area (Å²) in [7, 11) is 0. The smallest absolute Gasteiger partial charge is 0.332 e. The molecular weight excluding hydrogens is 394 g/mol. The van der Waals surface area contributed by atoms with Crippen molar-refractivity contribution in [2.75, 3.05) is 26.3 Å². The van der Waals surface area contributed by atoms with Crippen LogP contribution in [0, 0.1) is 20.2 Å². The Labute approximate surface area is 153 Å². The van der Waals surface area contributed by atoms with Gasteiger partial charge in [0.05, 0.1) is 23.1 Å². The summed E-state index contributed by atoms with van der Waals surface area (Å²) in [5.74, 6) is -2.88. The molecule has 1 fully saturated rings. The highest BCUT2D eigenvalue weighted by molar-refractivity contribution is 7.22. The largest absolute Gasteiger partial charge is 0.503 e. The minimum absolute atomic E-state index is 0.205. The second kappa shape index (κ2) is 6.55. The molecule has 2 heterocycles. The minimum atomic E-state index is -1.12. The lowest BCUT2D eigenvalue weighted by Gasteiger charge is -2.26. The van der Waals surface area contributed by atoms with Crippen molar-refractivity contribution >= 4 is 50.3 Å². The number of nitro benzene ring substituents is 1. The fraction of sp³-hybridized carbons (Fsp3) is 0.308. The Kier molecular flexibility index (Phi) is 4.56. The number of phenols is 2. The molecule has 1 aliphatic heterocycles. The molecule has 0 saturated carbocycles. The molecule has 0 aliphatic carbocycles. The lowest BCUT2D eigenvalue weighted by atomic mass is 10.1.